The molecular weight excluding hydrogens is 471 g/mol. The van der Waals surface area contributed by atoms with E-state index in [4.69, 9.17) is 4.74 Å². The molecule has 2 aromatic carbocycles. The number of nitrogens with zero attached hydrogens (tertiary/aromatic N) is 4. The number of aromatic carboxylic acids is 1. The Balaban J connectivity index is 0.00000342. The zero-order valence-electron chi connectivity index (χ0n) is 18.3. The number of aromatic amines is 1. The first kappa shape index (κ1) is 25.6. The number of benzene rings is 2. The SMILES string of the molecule is O=C(NCc1ccccc1)OCc1cn(-c2cc3nc(C(=O)[O-])c(=O)[nH]c3cc2[N+](=O)[O-])cn1.[Na+]. The van der Waals surface area contributed by atoms with Gasteiger partial charge in [-0.1, -0.05) is 30.3 Å². The summed E-state index contributed by atoms with van der Waals surface area (Å²) in [7, 11) is 0. The topological polar surface area (TPSA) is 185 Å². The van der Waals surface area contributed by atoms with E-state index in [0.717, 1.165) is 11.6 Å². The molecule has 0 spiro atoms. The number of ether oxygens (including phenoxy) is 1. The maximum absolute atomic E-state index is 11.9. The van der Waals surface area contributed by atoms with Crippen LogP contribution in [0.1, 0.15) is 21.7 Å². The molecule has 0 aliphatic carbocycles. The van der Waals surface area contributed by atoms with Gasteiger partial charge in [0, 0.05) is 18.8 Å². The van der Waals surface area contributed by atoms with Gasteiger partial charge in [-0.15, -0.1) is 0 Å². The van der Waals surface area contributed by atoms with Gasteiger partial charge in [-0.05, 0) is 11.6 Å². The van der Waals surface area contributed by atoms with Crippen molar-refractivity contribution in [2.24, 2.45) is 0 Å². The number of carboxylic acids is 1. The Kier molecular flexibility index (Phi) is 7.96. The summed E-state index contributed by atoms with van der Waals surface area (Å²) in [6, 6.07) is 11.5. The standard InChI is InChI=1S/C21H16N6O7.Na/c28-19-18(20(29)30)24-14-6-16(17(27(32)33)7-15(14)25-19)26-9-13(23-11-26)10-34-21(31)22-8-12-4-2-1-3-5-12;/h1-7,9,11H,8,10H2,(H,22,31)(H,25,28)(H,29,30);/q;+1/p-1. The summed E-state index contributed by atoms with van der Waals surface area (Å²) < 4.78 is 6.41. The molecule has 4 aromatic rings. The van der Waals surface area contributed by atoms with Crippen LogP contribution >= 0.6 is 0 Å². The molecule has 0 bridgehead atoms. The van der Waals surface area contributed by atoms with Crippen molar-refractivity contribution in [2.75, 3.05) is 0 Å². The molecule has 14 heteroatoms. The van der Waals surface area contributed by atoms with Gasteiger partial charge in [0.25, 0.3) is 11.2 Å². The van der Waals surface area contributed by atoms with Crippen LogP contribution in [-0.4, -0.2) is 36.5 Å². The van der Waals surface area contributed by atoms with Gasteiger partial charge >= 0.3 is 35.7 Å². The molecule has 0 aliphatic heterocycles. The van der Waals surface area contributed by atoms with Crippen LogP contribution in [0.2, 0.25) is 0 Å². The normalized spacial score (nSPS) is 10.4. The van der Waals surface area contributed by atoms with Gasteiger partial charge in [0.2, 0.25) is 0 Å². The Morgan fingerprint density at radius 1 is 1.20 bits per heavy atom. The summed E-state index contributed by atoms with van der Waals surface area (Å²) in [6.45, 7) is 0.0791. The molecule has 2 aromatic heterocycles. The molecule has 2 heterocycles. The van der Waals surface area contributed by atoms with Gasteiger partial charge in [0.05, 0.1) is 33.9 Å². The summed E-state index contributed by atoms with van der Waals surface area (Å²) in [5.41, 5.74) is -1.12. The van der Waals surface area contributed by atoms with Crippen LogP contribution < -0.4 is 45.5 Å². The second-order valence-electron chi connectivity index (χ2n) is 7.00. The number of carboxylic acid groups (broad SMARTS) is 1. The first-order valence-electron chi connectivity index (χ1n) is 9.73. The van der Waals surface area contributed by atoms with Crippen molar-refractivity contribution in [3.8, 4) is 5.69 Å². The van der Waals surface area contributed by atoms with Crippen molar-refractivity contribution in [1.29, 1.82) is 0 Å². The summed E-state index contributed by atoms with van der Waals surface area (Å²) in [4.78, 5) is 55.8. The van der Waals surface area contributed by atoms with E-state index >= 15 is 0 Å². The number of alkyl carbamates (subject to hydrolysis) is 1. The van der Waals surface area contributed by atoms with Gasteiger partial charge < -0.3 is 24.9 Å². The van der Waals surface area contributed by atoms with Crippen molar-refractivity contribution >= 4 is 28.8 Å². The Morgan fingerprint density at radius 3 is 2.63 bits per heavy atom. The predicted octanol–water partition coefficient (Wildman–Crippen LogP) is -2.19. The van der Waals surface area contributed by atoms with Crippen molar-refractivity contribution in [3.05, 3.63) is 92.4 Å². The smallest absolute Gasteiger partial charge is 0.543 e. The molecule has 0 saturated carbocycles. The molecule has 4 rings (SSSR count). The molecule has 2 N–H and O–H groups in total. The maximum Gasteiger partial charge on any atom is 1.00 e. The molecular formula is C21H15N6NaO7. The third-order valence-electron chi connectivity index (χ3n) is 4.72. The fourth-order valence-electron chi connectivity index (χ4n) is 3.13. The van der Waals surface area contributed by atoms with E-state index in [1.54, 1.807) is 0 Å². The third kappa shape index (κ3) is 5.90. The minimum atomic E-state index is -1.78. The molecule has 0 aliphatic rings. The molecule has 0 fully saturated rings. The van der Waals surface area contributed by atoms with E-state index in [2.05, 4.69) is 20.3 Å². The van der Waals surface area contributed by atoms with Gasteiger partial charge in [0.15, 0.2) is 5.69 Å². The molecule has 0 atom stereocenters. The second kappa shape index (κ2) is 10.9. The Morgan fingerprint density at radius 2 is 1.94 bits per heavy atom. The van der Waals surface area contributed by atoms with E-state index < -0.39 is 33.9 Å². The predicted molar refractivity (Wildman–Crippen MR) is 114 cm³/mol. The Labute approximate surface area is 218 Å². The number of H-pyrrole nitrogens is 1. The number of nitrogens with one attached hydrogen (secondary N) is 2. The average molecular weight is 486 g/mol. The molecule has 0 saturated heterocycles. The molecule has 0 radical (unpaired) electrons. The quantitative estimate of drug-likeness (QED) is 0.166. The molecule has 35 heavy (non-hydrogen) atoms. The zero-order chi connectivity index (χ0) is 24.2. The van der Waals surface area contributed by atoms with Crippen LogP contribution in [0.3, 0.4) is 0 Å². The van der Waals surface area contributed by atoms with Crippen molar-refractivity contribution < 1.29 is 53.9 Å². The first-order chi connectivity index (χ1) is 16.3. The molecule has 0 unspecified atom stereocenters. The number of amides is 1. The largest absolute Gasteiger partial charge is 1.00 e. The minimum absolute atomic E-state index is 0. The molecule has 1 amide bonds. The van der Waals surface area contributed by atoms with E-state index in [1.165, 1.54) is 23.2 Å². The van der Waals surface area contributed by atoms with E-state index in [0.29, 0.717) is 5.69 Å². The van der Waals surface area contributed by atoms with Crippen molar-refractivity contribution in [1.82, 2.24) is 24.8 Å². The fourth-order valence-corrected chi connectivity index (χ4v) is 3.13. The number of fused-ring (bicyclic) bond motifs is 1. The summed E-state index contributed by atoms with van der Waals surface area (Å²) in [6.07, 6.45) is 2.00. The van der Waals surface area contributed by atoms with Gasteiger partial charge in [-0.2, -0.15) is 0 Å². The number of carbonyl (C=O) groups excluding carboxylic acids is 2. The van der Waals surface area contributed by atoms with E-state index in [9.17, 15) is 29.6 Å². The summed E-state index contributed by atoms with van der Waals surface area (Å²) in [5.74, 6) is -1.78. The number of imidazole rings is 1. The number of hydrogen-bond donors (Lipinski definition) is 2. The first-order valence-corrected chi connectivity index (χ1v) is 9.73. The average Bonchev–Trinajstić information content (AvgIpc) is 3.29. The minimum Gasteiger partial charge on any atom is -0.543 e. The number of rotatable bonds is 7. The van der Waals surface area contributed by atoms with Crippen LogP contribution in [-0.2, 0) is 17.9 Å². The Hall–Kier alpha value is -4.07. The zero-order valence-corrected chi connectivity index (χ0v) is 20.3. The van der Waals surface area contributed by atoms with Crippen LogP contribution in [0.15, 0.2) is 59.8 Å². The van der Waals surface area contributed by atoms with Crippen LogP contribution in [0.5, 0.6) is 0 Å². The monoisotopic (exact) mass is 486 g/mol. The number of nitro benzene ring substituents is 1. The van der Waals surface area contributed by atoms with Gasteiger partial charge in [-0.3, -0.25) is 19.5 Å². The second-order valence-corrected chi connectivity index (χ2v) is 7.00. The number of carbonyl (C=O) groups is 2. The van der Waals surface area contributed by atoms with Crippen molar-refractivity contribution in [2.45, 2.75) is 13.2 Å². The summed E-state index contributed by atoms with van der Waals surface area (Å²) >= 11 is 0. The van der Waals surface area contributed by atoms with E-state index in [-0.39, 0.29) is 59.4 Å². The number of hydrogen-bond acceptors (Lipinski definition) is 9. The summed E-state index contributed by atoms with van der Waals surface area (Å²) in [5, 5.41) is 25.3. The van der Waals surface area contributed by atoms with Crippen LogP contribution in [0.25, 0.3) is 16.7 Å². The van der Waals surface area contributed by atoms with Gasteiger partial charge in [0.1, 0.15) is 12.3 Å². The number of nitro groups is 1. The Bertz CT molecular complexity index is 1470. The molecule has 13 nitrogen and oxygen atoms in total. The third-order valence-corrected chi connectivity index (χ3v) is 4.72. The fraction of sp³-hybridized carbons (Fsp3) is 0.0952. The van der Waals surface area contributed by atoms with Crippen molar-refractivity contribution in [3.63, 3.8) is 0 Å². The maximum atomic E-state index is 11.9. The molecule has 172 valence electrons. The van der Waals surface area contributed by atoms with Crippen LogP contribution in [0.4, 0.5) is 10.5 Å². The number of aromatic nitrogens is 4. The van der Waals surface area contributed by atoms with E-state index in [1.807, 2.05) is 30.3 Å². The van der Waals surface area contributed by atoms with Gasteiger partial charge in [-0.25, -0.2) is 14.8 Å². The van der Waals surface area contributed by atoms with Crippen LogP contribution in [0, 0.1) is 10.1 Å².